The molecule has 1 aromatic heterocycles. The quantitative estimate of drug-likeness (QED) is 0.515. The average molecular weight is 385 g/mol. The van der Waals surface area contributed by atoms with E-state index in [0.29, 0.717) is 5.82 Å². The highest BCUT2D eigenvalue weighted by atomic mass is 16.5. The fourth-order valence-corrected chi connectivity index (χ4v) is 3.25. The molecule has 0 saturated carbocycles. The standard InChI is InChI=1S/C24H23N3O2/c1-17-10-12-19(13-11-17)25-24(28)15-27-22-9-4-3-8-21(22)26-23(27)16-29-20-7-5-6-18(2)14-20/h3-14H,15-16H2,1-2H3,(H,25,28). The number of para-hydroxylation sites is 2. The Hall–Kier alpha value is -3.60. The van der Waals surface area contributed by atoms with E-state index in [2.05, 4.69) is 10.3 Å². The van der Waals surface area contributed by atoms with Gasteiger partial charge in [-0.05, 0) is 55.8 Å². The number of rotatable bonds is 6. The summed E-state index contributed by atoms with van der Waals surface area (Å²) in [7, 11) is 0. The molecule has 1 N–H and O–H groups in total. The van der Waals surface area contributed by atoms with Gasteiger partial charge in [-0.3, -0.25) is 4.79 Å². The summed E-state index contributed by atoms with van der Waals surface area (Å²) in [6.07, 6.45) is 0. The third-order valence-corrected chi connectivity index (χ3v) is 4.73. The Morgan fingerprint density at radius 1 is 0.966 bits per heavy atom. The molecule has 5 heteroatoms. The predicted octanol–water partition coefficient (Wildman–Crippen LogP) is 4.87. The van der Waals surface area contributed by atoms with Gasteiger partial charge >= 0.3 is 0 Å². The van der Waals surface area contributed by atoms with Crippen molar-refractivity contribution in [3.8, 4) is 5.75 Å². The molecule has 0 aliphatic carbocycles. The number of fused-ring (bicyclic) bond motifs is 1. The Kier molecular flexibility index (Phi) is 5.29. The summed E-state index contributed by atoms with van der Waals surface area (Å²) in [5.74, 6) is 1.40. The van der Waals surface area contributed by atoms with Gasteiger partial charge in [-0.2, -0.15) is 0 Å². The molecule has 0 aliphatic heterocycles. The van der Waals surface area contributed by atoms with Gasteiger partial charge in [0.25, 0.3) is 0 Å². The molecule has 0 saturated heterocycles. The topological polar surface area (TPSA) is 56.2 Å². The highest BCUT2D eigenvalue weighted by molar-refractivity contribution is 5.91. The molecule has 4 aromatic rings. The molecule has 3 aromatic carbocycles. The van der Waals surface area contributed by atoms with Gasteiger partial charge in [-0.1, -0.05) is 42.0 Å². The summed E-state index contributed by atoms with van der Waals surface area (Å²) in [6.45, 7) is 4.50. The lowest BCUT2D eigenvalue weighted by molar-refractivity contribution is -0.116. The van der Waals surface area contributed by atoms with E-state index in [0.717, 1.165) is 33.6 Å². The number of imidazole rings is 1. The second-order valence-corrected chi connectivity index (χ2v) is 7.12. The highest BCUT2D eigenvalue weighted by Gasteiger charge is 2.14. The van der Waals surface area contributed by atoms with Gasteiger partial charge in [0.2, 0.25) is 5.91 Å². The maximum Gasteiger partial charge on any atom is 0.244 e. The van der Waals surface area contributed by atoms with E-state index < -0.39 is 0 Å². The second kappa shape index (κ2) is 8.19. The number of hydrogen-bond donors (Lipinski definition) is 1. The van der Waals surface area contributed by atoms with Crippen LogP contribution in [0.4, 0.5) is 5.69 Å². The lowest BCUT2D eigenvalue weighted by Crippen LogP contribution is -2.20. The van der Waals surface area contributed by atoms with Crippen molar-refractivity contribution in [3.63, 3.8) is 0 Å². The molecule has 1 heterocycles. The zero-order valence-corrected chi connectivity index (χ0v) is 16.6. The minimum atomic E-state index is -0.103. The van der Waals surface area contributed by atoms with Crippen LogP contribution in [0.15, 0.2) is 72.8 Å². The van der Waals surface area contributed by atoms with Crippen LogP contribution in [-0.4, -0.2) is 15.5 Å². The van der Waals surface area contributed by atoms with Crippen molar-refractivity contribution in [1.82, 2.24) is 9.55 Å². The molecule has 0 spiro atoms. The molecule has 5 nitrogen and oxygen atoms in total. The molecule has 4 rings (SSSR count). The van der Waals surface area contributed by atoms with Crippen LogP contribution >= 0.6 is 0 Å². The molecule has 0 bridgehead atoms. The second-order valence-electron chi connectivity index (χ2n) is 7.12. The first-order valence-electron chi connectivity index (χ1n) is 9.58. The Morgan fingerprint density at radius 3 is 2.55 bits per heavy atom. The van der Waals surface area contributed by atoms with Crippen molar-refractivity contribution in [2.75, 3.05) is 5.32 Å². The first kappa shape index (κ1) is 18.7. The maximum atomic E-state index is 12.7. The maximum absolute atomic E-state index is 12.7. The van der Waals surface area contributed by atoms with Crippen molar-refractivity contribution in [2.24, 2.45) is 0 Å². The molecule has 1 amide bonds. The first-order chi connectivity index (χ1) is 14.1. The van der Waals surface area contributed by atoms with Crippen molar-refractivity contribution in [2.45, 2.75) is 27.0 Å². The van der Waals surface area contributed by atoms with E-state index in [9.17, 15) is 4.79 Å². The van der Waals surface area contributed by atoms with E-state index in [1.807, 2.05) is 91.2 Å². The number of nitrogens with zero attached hydrogens (tertiary/aromatic N) is 2. The number of hydrogen-bond acceptors (Lipinski definition) is 3. The summed E-state index contributed by atoms with van der Waals surface area (Å²) < 4.78 is 7.85. The molecular formula is C24H23N3O2. The molecule has 146 valence electrons. The Balaban J connectivity index is 1.56. The summed E-state index contributed by atoms with van der Waals surface area (Å²) in [6, 6.07) is 23.5. The van der Waals surface area contributed by atoms with E-state index >= 15 is 0 Å². The highest BCUT2D eigenvalue weighted by Crippen LogP contribution is 2.19. The lowest BCUT2D eigenvalue weighted by Gasteiger charge is -2.11. The summed E-state index contributed by atoms with van der Waals surface area (Å²) in [5.41, 5.74) is 4.82. The average Bonchev–Trinajstić information content (AvgIpc) is 3.06. The molecule has 0 atom stereocenters. The van der Waals surface area contributed by atoms with Crippen LogP contribution in [0.25, 0.3) is 11.0 Å². The minimum absolute atomic E-state index is 0.103. The summed E-state index contributed by atoms with van der Waals surface area (Å²) in [4.78, 5) is 17.4. The molecule has 0 unspecified atom stereocenters. The van der Waals surface area contributed by atoms with E-state index in [-0.39, 0.29) is 19.1 Å². The van der Waals surface area contributed by atoms with Crippen molar-refractivity contribution >= 4 is 22.6 Å². The Bertz CT molecular complexity index is 1150. The minimum Gasteiger partial charge on any atom is -0.486 e. The number of benzene rings is 3. The zero-order valence-electron chi connectivity index (χ0n) is 16.6. The van der Waals surface area contributed by atoms with Crippen LogP contribution in [0.2, 0.25) is 0 Å². The van der Waals surface area contributed by atoms with Crippen molar-refractivity contribution < 1.29 is 9.53 Å². The number of carbonyl (C=O) groups is 1. The van der Waals surface area contributed by atoms with Gasteiger partial charge in [0.05, 0.1) is 11.0 Å². The van der Waals surface area contributed by atoms with Gasteiger partial charge in [-0.15, -0.1) is 0 Å². The van der Waals surface area contributed by atoms with Crippen LogP contribution in [0.1, 0.15) is 17.0 Å². The first-order valence-corrected chi connectivity index (χ1v) is 9.58. The molecular weight excluding hydrogens is 362 g/mol. The molecule has 0 fully saturated rings. The number of anilines is 1. The number of aryl methyl sites for hydroxylation is 2. The number of ether oxygens (including phenoxy) is 1. The SMILES string of the molecule is Cc1ccc(NC(=O)Cn2c(COc3cccc(C)c3)nc3ccccc32)cc1. The lowest BCUT2D eigenvalue weighted by atomic mass is 10.2. The third kappa shape index (κ3) is 4.46. The van der Waals surface area contributed by atoms with Gasteiger partial charge in [-0.25, -0.2) is 4.98 Å². The van der Waals surface area contributed by atoms with Crippen LogP contribution in [0, 0.1) is 13.8 Å². The van der Waals surface area contributed by atoms with Crippen molar-refractivity contribution in [1.29, 1.82) is 0 Å². The third-order valence-electron chi connectivity index (χ3n) is 4.73. The van der Waals surface area contributed by atoms with Crippen LogP contribution in [0.3, 0.4) is 0 Å². The Labute approximate surface area is 170 Å². The summed E-state index contributed by atoms with van der Waals surface area (Å²) >= 11 is 0. The smallest absolute Gasteiger partial charge is 0.244 e. The number of carbonyl (C=O) groups excluding carboxylic acids is 1. The van der Waals surface area contributed by atoms with E-state index in [4.69, 9.17) is 4.74 Å². The zero-order chi connectivity index (χ0) is 20.2. The van der Waals surface area contributed by atoms with Gasteiger partial charge in [0, 0.05) is 5.69 Å². The predicted molar refractivity (Wildman–Crippen MR) is 115 cm³/mol. The fourth-order valence-electron chi connectivity index (χ4n) is 3.25. The normalized spacial score (nSPS) is 10.8. The monoisotopic (exact) mass is 385 g/mol. The fraction of sp³-hybridized carbons (Fsp3) is 0.167. The molecule has 0 radical (unpaired) electrons. The molecule has 29 heavy (non-hydrogen) atoms. The number of aromatic nitrogens is 2. The van der Waals surface area contributed by atoms with Gasteiger partial charge in [0.15, 0.2) is 0 Å². The van der Waals surface area contributed by atoms with E-state index in [1.165, 1.54) is 0 Å². The van der Waals surface area contributed by atoms with Crippen LogP contribution in [0.5, 0.6) is 5.75 Å². The van der Waals surface area contributed by atoms with Gasteiger partial charge in [0.1, 0.15) is 24.7 Å². The largest absolute Gasteiger partial charge is 0.486 e. The van der Waals surface area contributed by atoms with Crippen LogP contribution in [-0.2, 0) is 17.9 Å². The van der Waals surface area contributed by atoms with Gasteiger partial charge < -0.3 is 14.6 Å². The number of amides is 1. The number of nitrogens with one attached hydrogen (secondary N) is 1. The van der Waals surface area contributed by atoms with E-state index in [1.54, 1.807) is 0 Å². The van der Waals surface area contributed by atoms with Crippen molar-refractivity contribution in [3.05, 3.63) is 89.7 Å². The van der Waals surface area contributed by atoms with Crippen LogP contribution < -0.4 is 10.1 Å². The Morgan fingerprint density at radius 2 is 1.76 bits per heavy atom. The summed E-state index contributed by atoms with van der Waals surface area (Å²) in [5, 5.41) is 2.95. The molecule has 0 aliphatic rings.